The van der Waals surface area contributed by atoms with Crippen LogP contribution in [0.15, 0.2) is 43.0 Å². The Morgan fingerprint density at radius 2 is 2.17 bits per heavy atom. The van der Waals surface area contributed by atoms with Crippen LogP contribution in [0.25, 0.3) is 16.9 Å². The van der Waals surface area contributed by atoms with Crippen molar-refractivity contribution in [2.24, 2.45) is 0 Å². The lowest BCUT2D eigenvalue weighted by Gasteiger charge is -2.04. The molecule has 0 aliphatic rings. The van der Waals surface area contributed by atoms with Gasteiger partial charge in [-0.15, -0.1) is 0 Å². The quantitative estimate of drug-likeness (QED) is 0.734. The number of carboxylic acid groups (broad SMARTS) is 1. The smallest absolute Gasteiger partial charge is 0.335 e. The van der Waals surface area contributed by atoms with Crippen molar-refractivity contribution in [3.8, 4) is 11.3 Å². The van der Waals surface area contributed by atoms with Crippen molar-refractivity contribution in [3.05, 3.63) is 48.5 Å². The van der Waals surface area contributed by atoms with Gasteiger partial charge in [0, 0.05) is 5.56 Å². The molecule has 6 nitrogen and oxygen atoms in total. The fourth-order valence-electron chi connectivity index (χ4n) is 1.76. The van der Waals surface area contributed by atoms with Crippen molar-refractivity contribution in [3.63, 3.8) is 0 Å². The van der Waals surface area contributed by atoms with E-state index in [-0.39, 0.29) is 5.56 Å². The standard InChI is InChI=1S/C12H8N4O2/c17-12(18)9-3-1-2-8(4-9)10-5-13-6-11-14-7-15-16(10)11/h1-7H,(H,17,18). The van der Waals surface area contributed by atoms with Gasteiger partial charge in [-0.1, -0.05) is 12.1 Å². The van der Waals surface area contributed by atoms with E-state index in [1.807, 2.05) is 6.07 Å². The van der Waals surface area contributed by atoms with Crippen LogP contribution >= 0.6 is 0 Å². The molecule has 0 saturated carbocycles. The zero-order valence-electron chi connectivity index (χ0n) is 9.19. The van der Waals surface area contributed by atoms with Crippen LogP contribution in [-0.2, 0) is 0 Å². The Bertz CT molecular complexity index is 736. The van der Waals surface area contributed by atoms with E-state index in [1.165, 1.54) is 6.33 Å². The number of hydrogen-bond acceptors (Lipinski definition) is 4. The van der Waals surface area contributed by atoms with E-state index in [2.05, 4.69) is 15.1 Å². The van der Waals surface area contributed by atoms with Crippen LogP contribution in [0.2, 0.25) is 0 Å². The van der Waals surface area contributed by atoms with Gasteiger partial charge in [-0.25, -0.2) is 14.3 Å². The Morgan fingerprint density at radius 3 is 3.00 bits per heavy atom. The lowest BCUT2D eigenvalue weighted by Crippen LogP contribution is -1.99. The summed E-state index contributed by atoms with van der Waals surface area (Å²) >= 11 is 0. The third-order valence-corrected chi connectivity index (χ3v) is 2.59. The summed E-state index contributed by atoms with van der Waals surface area (Å²) in [6, 6.07) is 6.63. The molecule has 88 valence electrons. The third-order valence-electron chi connectivity index (χ3n) is 2.59. The summed E-state index contributed by atoms with van der Waals surface area (Å²) in [5, 5.41) is 13.1. The second-order valence-corrected chi connectivity index (χ2v) is 3.71. The highest BCUT2D eigenvalue weighted by Crippen LogP contribution is 2.19. The van der Waals surface area contributed by atoms with Gasteiger partial charge in [-0.3, -0.25) is 4.98 Å². The summed E-state index contributed by atoms with van der Waals surface area (Å²) in [5.74, 6) is -0.962. The lowest BCUT2D eigenvalue weighted by atomic mass is 10.1. The van der Waals surface area contributed by atoms with Crippen LogP contribution in [0.3, 0.4) is 0 Å². The van der Waals surface area contributed by atoms with Crippen LogP contribution in [-0.4, -0.2) is 30.7 Å². The molecule has 3 aromatic rings. The van der Waals surface area contributed by atoms with Crippen LogP contribution in [0.1, 0.15) is 10.4 Å². The van der Waals surface area contributed by atoms with E-state index >= 15 is 0 Å². The molecule has 0 radical (unpaired) electrons. The van der Waals surface area contributed by atoms with Crippen molar-refractivity contribution in [1.82, 2.24) is 19.6 Å². The molecule has 6 heteroatoms. The van der Waals surface area contributed by atoms with Gasteiger partial charge in [-0.2, -0.15) is 5.10 Å². The van der Waals surface area contributed by atoms with Gasteiger partial charge >= 0.3 is 5.97 Å². The average Bonchev–Trinajstić information content (AvgIpc) is 2.87. The SMILES string of the molecule is O=C(O)c1cccc(-c2cncc3ncnn23)c1. The first-order valence-corrected chi connectivity index (χ1v) is 5.23. The first kappa shape index (κ1) is 10.4. The normalized spacial score (nSPS) is 10.7. The van der Waals surface area contributed by atoms with Gasteiger partial charge in [0.25, 0.3) is 0 Å². The molecule has 0 atom stereocenters. The minimum atomic E-state index is -0.962. The van der Waals surface area contributed by atoms with Crippen molar-refractivity contribution >= 4 is 11.6 Å². The fourth-order valence-corrected chi connectivity index (χ4v) is 1.76. The third kappa shape index (κ3) is 1.60. The Labute approximate surface area is 102 Å². The van der Waals surface area contributed by atoms with E-state index in [1.54, 1.807) is 35.1 Å². The zero-order valence-corrected chi connectivity index (χ0v) is 9.19. The van der Waals surface area contributed by atoms with Crippen LogP contribution in [0, 0.1) is 0 Å². The molecule has 0 fully saturated rings. The maximum absolute atomic E-state index is 10.9. The monoisotopic (exact) mass is 240 g/mol. The van der Waals surface area contributed by atoms with Gasteiger partial charge in [0.15, 0.2) is 5.65 Å². The molecule has 1 N–H and O–H groups in total. The van der Waals surface area contributed by atoms with E-state index in [0.29, 0.717) is 11.3 Å². The summed E-state index contributed by atoms with van der Waals surface area (Å²) in [6.45, 7) is 0. The first-order valence-electron chi connectivity index (χ1n) is 5.23. The molecule has 2 aromatic heterocycles. The van der Waals surface area contributed by atoms with Crippen molar-refractivity contribution < 1.29 is 9.90 Å². The number of benzene rings is 1. The van der Waals surface area contributed by atoms with E-state index in [4.69, 9.17) is 5.11 Å². The topological polar surface area (TPSA) is 80.4 Å². The summed E-state index contributed by atoms with van der Waals surface area (Å²) in [4.78, 5) is 19.0. The van der Waals surface area contributed by atoms with Gasteiger partial charge < -0.3 is 5.11 Å². The molecule has 0 aliphatic carbocycles. The molecule has 3 rings (SSSR count). The number of nitrogens with zero attached hydrogens (tertiary/aromatic N) is 4. The summed E-state index contributed by atoms with van der Waals surface area (Å²) in [6.07, 6.45) is 4.65. The van der Waals surface area contributed by atoms with Gasteiger partial charge in [0.05, 0.1) is 23.7 Å². The Balaban J connectivity index is 2.23. The summed E-state index contributed by atoms with van der Waals surface area (Å²) < 4.78 is 1.62. The van der Waals surface area contributed by atoms with E-state index in [0.717, 1.165) is 5.56 Å². The average molecular weight is 240 g/mol. The molecule has 2 heterocycles. The van der Waals surface area contributed by atoms with Crippen molar-refractivity contribution in [2.45, 2.75) is 0 Å². The molecule has 0 saturated heterocycles. The molecule has 18 heavy (non-hydrogen) atoms. The second-order valence-electron chi connectivity index (χ2n) is 3.71. The molecular formula is C12H8N4O2. The van der Waals surface area contributed by atoms with E-state index < -0.39 is 5.97 Å². The van der Waals surface area contributed by atoms with Crippen LogP contribution in [0.4, 0.5) is 0 Å². The number of rotatable bonds is 2. The highest BCUT2D eigenvalue weighted by molar-refractivity contribution is 5.89. The van der Waals surface area contributed by atoms with Crippen LogP contribution in [0.5, 0.6) is 0 Å². The van der Waals surface area contributed by atoms with Gasteiger partial charge in [0.2, 0.25) is 0 Å². The minimum Gasteiger partial charge on any atom is -0.478 e. The molecule has 0 amide bonds. The predicted molar refractivity (Wildman–Crippen MR) is 63.2 cm³/mol. The highest BCUT2D eigenvalue weighted by atomic mass is 16.4. The largest absolute Gasteiger partial charge is 0.478 e. The summed E-state index contributed by atoms with van der Waals surface area (Å²) in [5.41, 5.74) is 2.28. The number of carbonyl (C=O) groups is 1. The van der Waals surface area contributed by atoms with Crippen LogP contribution < -0.4 is 0 Å². The predicted octanol–water partition coefficient (Wildman–Crippen LogP) is 1.49. The maximum Gasteiger partial charge on any atom is 0.335 e. The Morgan fingerprint density at radius 1 is 1.28 bits per heavy atom. The maximum atomic E-state index is 10.9. The molecule has 0 aliphatic heterocycles. The van der Waals surface area contributed by atoms with Crippen molar-refractivity contribution in [1.29, 1.82) is 0 Å². The van der Waals surface area contributed by atoms with Gasteiger partial charge in [0.1, 0.15) is 6.33 Å². The molecular weight excluding hydrogens is 232 g/mol. The van der Waals surface area contributed by atoms with Crippen molar-refractivity contribution in [2.75, 3.05) is 0 Å². The van der Waals surface area contributed by atoms with Gasteiger partial charge in [-0.05, 0) is 12.1 Å². The number of fused-ring (bicyclic) bond motifs is 1. The first-order chi connectivity index (χ1) is 8.75. The second kappa shape index (κ2) is 3.92. The number of aromatic carboxylic acids is 1. The van der Waals surface area contributed by atoms with E-state index in [9.17, 15) is 4.79 Å². The number of aromatic nitrogens is 4. The summed E-state index contributed by atoms with van der Waals surface area (Å²) in [7, 11) is 0. The number of hydrogen-bond donors (Lipinski definition) is 1. The minimum absolute atomic E-state index is 0.226. The highest BCUT2D eigenvalue weighted by Gasteiger charge is 2.08. The molecule has 0 bridgehead atoms. The number of carboxylic acids is 1. The Kier molecular flexibility index (Phi) is 2.26. The molecule has 1 aromatic carbocycles. The lowest BCUT2D eigenvalue weighted by molar-refractivity contribution is 0.0697. The molecule has 0 unspecified atom stereocenters. The Hall–Kier alpha value is -2.76. The molecule has 0 spiro atoms. The zero-order chi connectivity index (χ0) is 12.5. The fraction of sp³-hybridized carbons (Fsp3) is 0.